The van der Waals surface area contributed by atoms with Gasteiger partial charge in [0, 0.05) is 19.6 Å². The van der Waals surface area contributed by atoms with E-state index in [9.17, 15) is 0 Å². The van der Waals surface area contributed by atoms with Crippen molar-refractivity contribution in [2.45, 2.75) is 39.7 Å². The summed E-state index contributed by atoms with van der Waals surface area (Å²) in [5.41, 5.74) is 4.06. The van der Waals surface area contributed by atoms with Crippen LogP contribution in [0.2, 0.25) is 0 Å². The van der Waals surface area contributed by atoms with Crippen LogP contribution in [0.5, 0.6) is 0 Å². The van der Waals surface area contributed by atoms with Gasteiger partial charge in [-0.05, 0) is 38.2 Å². The number of hydrogen-bond donors (Lipinski definition) is 2. The molecule has 1 aliphatic carbocycles. The van der Waals surface area contributed by atoms with Crippen molar-refractivity contribution in [2.75, 3.05) is 13.6 Å². The summed E-state index contributed by atoms with van der Waals surface area (Å²) < 4.78 is 0. The van der Waals surface area contributed by atoms with Gasteiger partial charge >= 0.3 is 0 Å². The van der Waals surface area contributed by atoms with Crippen LogP contribution in [-0.4, -0.2) is 25.6 Å². The molecule has 20 heavy (non-hydrogen) atoms. The van der Waals surface area contributed by atoms with Gasteiger partial charge in [0.1, 0.15) is 0 Å². The summed E-state index contributed by atoms with van der Waals surface area (Å²) in [5.74, 6) is 1.72. The molecule has 0 aliphatic heterocycles. The van der Waals surface area contributed by atoms with Crippen molar-refractivity contribution in [3.05, 3.63) is 34.9 Å². The number of benzene rings is 1. The summed E-state index contributed by atoms with van der Waals surface area (Å²) in [6, 6.07) is 7.35. The first-order valence-electron chi connectivity index (χ1n) is 7.13. The lowest BCUT2D eigenvalue weighted by atomic mass is 10.1. The number of halogens is 1. The molecule has 2 atom stereocenters. The van der Waals surface area contributed by atoms with Crippen molar-refractivity contribution in [3.8, 4) is 0 Å². The quantitative estimate of drug-likeness (QED) is 0.474. The Bertz CT molecular complexity index is 451. The monoisotopic (exact) mass is 387 g/mol. The number of guanidine groups is 1. The molecule has 0 bridgehead atoms. The van der Waals surface area contributed by atoms with Crippen molar-refractivity contribution in [2.24, 2.45) is 10.9 Å². The van der Waals surface area contributed by atoms with E-state index in [1.807, 2.05) is 7.05 Å². The highest BCUT2D eigenvalue weighted by atomic mass is 127. The van der Waals surface area contributed by atoms with Gasteiger partial charge in [0.25, 0.3) is 0 Å². The topological polar surface area (TPSA) is 36.4 Å². The van der Waals surface area contributed by atoms with Gasteiger partial charge in [-0.2, -0.15) is 0 Å². The van der Waals surface area contributed by atoms with E-state index in [1.165, 1.54) is 23.1 Å². The minimum atomic E-state index is 0. The zero-order valence-electron chi connectivity index (χ0n) is 12.9. The third kappa shape index (κ3) is 5.31. The van der Waals surface area contributed by atoms with E-state index in [2.05, 4.69) is 54.6 Å². The van der Waals surface area contributed by atoms with E-state index in [-0.39, 0.29) is 24.0 Å². The molecule has 2 N–H and O–H groups in total. The zero-order valence-corrected chi connectivity index (χ0v) is 15.2. The Labute approximate surface area is 139 Å². The van der Waals surface area contributed by atoms with Crippen LogP contribution in [0.1, 0.15) is 30.0 Å². The highest BCUT2D eigenvalue weighted by Gasteiger charge is 2.33. The van der Waals surface area contributed by atoms with E-state index in [0.717, 1.165) is 24.8 Å². The average Bonchev–Trinajstić information content (AvgIpc) is 3.02. The Morgan fingerprint density at radius 1 is 1.25 bits per heavy atom. The van der Waals surface area contributed by atoms with Gasteiger partial charge in [0.2, 0.25) is 0 Å². The van der Waals surface area contributed by atoms with Crippen molar-refractivity contribution >= 4 is 29.9 Å². The maximum absolute atomic E-state index is 4.26. The second-order valence-electron chi connectivity index (χ2n) is 5.71. The van der Waals surface area contributed by atoms with Crippen LogP contribution in [0.25, 0.3) is 0 Å². The first-order valence-corrected chi connectivity index (χ1v) is 7.13. The van der Waals surface area contributed by atoms with Crippen LogP contribution in [0.15, 0.2) is 23.2 Å². The molecule has 0 saturated heterocycles. The molecule has 4 heteroatoms. The van der Waals surface area contributed by atoms with Gasteiger partial charge in [-0.25, -0.2) is 0 Å². The lowest BCUT2D eigenvalue weighted by Gasteiger charge is -2.12. The second kappa shape index (κ2) is 7.86. The minimum absolute atomic E-state index is 0. The van der Waals surface area contributed by atoms with Crippen LogP contribution >= 0.6 is 24.0 Å². The van der Waals surface area contributed by atoms with Crippen molar-refractivity contribution in [3.63, 3.8) is 0 Å². The third-order valence-electron chi connectivity index (χ3n) is 3.64. The van der Waals surface area contributed by atoms with Crippen LogP contribution in [0, 0.1) is 19.8 Å². The van der Waals surface area contributed by atoms with E-state index in [0.29, 0.717) is 6.04 Å². The fourth-order valence-electron chi connectivity index (χ4n) is 2.43. The Morgan fingerprint density at radius 2 is 1.85 bits per heavy atom. The average molecular weight is 387 g/mol. The molecule has 112 valence electrons. The SMILES string of the molecule is CN=C(NCCc1cc(C)cc(C)c1)NC1CC1C.I. The Morgan fingerprint density at radius 3 is 2.35 bits per heavy atom. The number of nitrogens with one attached hydrogen (secondary N) is 2. The van der Waals surface area contributed by atoms with Crippen LogP contribution in [0.4, 0.5) is 0 Å². The van der Waals surface area contributed by atoms with Crippen molar-refractivity contribution < 1.29 is 0 Å². The molecule has 3 nitrogen and oxygen atoms in total. The maximum Gasteiger partial charge on any atom is 0.191 e. The standard InChI is InChI=1S/C16H25N3.HI/c1-11-7-12(2)9-14(8-11)5-6-18-16(17-4)19-15-10-13(15)3;/h7-9,13,15H,5-6,10H2,1-4H3,(H2,17,18,19);1H. The second-order valence-corrected chi connectivity index (χ2v) is 5.71. The molecule has 2 unspecified atom stereocenters. The molecule has 1 aromatic carbocycles. The number of aryl methyl sites for hydroxylation is 2. The molecule has 2 rings (SSSR count). The summed E-state index contributed by atoms with van der Waals surface area (Å²) in [4.78, 5) is 4.26. The van der Waals surface area contributed by atoms with Crippen LogP contribution in [0.3, 0.4) is 0 Å². The molecule has 1 fully saturated rings. The highest BCUT2D eigenvalue weighted by molar-refractivity contribution is 14.0. The number of aliphatic imine (C=N–C) groups is 1. The van der Waals surface area contributed by atoms with Gasteiger partial charge in [-0.15, -0.1) is 24.0 Å². The van der Waals surface area contributed by atoms with Crippen LogP contribution < -0.4 is 10.6 Å². The molecule has 0 aromatic heterocycles. The van der Waals surface area contributed by atoms with Crippen molar-refractivity contribution in [1.29, 1.82) is 0 Å². The minimum Gasteiger partial charge on any atom is -0.356 e. The molecule has 1 aliphatic rings. The third-order valence-corrected chi connectivity index (χ3v) is 3.64. The normalized spacial score (nSPS) is 21.1. The summed E-state index contributed by atoms with van der Waals surface area (Å²) in [7, 11) is 1.83. The lowest BCUT2D eigenvalue weighted by Crippen LogP contribution is -2.39. The lowest BCUT2D eigenvalue weighted by molar-refractivity contribution is 0.757. The summed E-state index contributed by atoms with van der Waals surface area (Å²) >= 11 is 0. The molecule has 0 heterocycles. The number of nitrogens with zero attached hydrogens (tertiary/aromatic N) is 1. The molecular weight excluding hydrogens is 361 g/mol. The smallest absolute Gasteiger partial charge is 0.191 e. The van der Waals surface area contributed by atoms with Gasteiger partial charge < -0.3 is 10.6 Å². The van der Waals surface area contributed by atoms with Gasteiger partial charge in [-0.1, -0.05) is 36.2 Å². The van der Waals surface area contributed by atoms with Gasteiger partial charge in [0.05, 0.1) is 0 Å². The fourth-order valence-corrected chi connectivity index (χ4v) is 2.43. The Balaban J connectivity index is 0.00000200. The molecular formula is C16H26IN3. The maximum atomic E-state index is 4.26. The summed E-state index contributed by atoms with van der Waals surface area (Å²) in [5, 5.41) is 6.83. The predicted molar refractivity (Wildman–Crippen MR) is 97.1 cm³/mol. The van der Waals surface area contributed by atoms with Gasteiger partial charge in [0.15, 0.2) is 5.96 Å². The Kier molecular flexibility index (Phi) is 6.79. The number of rotatable bonds is 4. The summed E-state index contributed by atoms with van der Waals surface area (Å²) in [6.45, 7) is 7.49. The van der Waals surface area contributed by atoms with E-state index < -0.39 is 0 Å². The highest BCUT2D eigenvalue weighted by Crippen LogP contribution is 2.28. The predicted octanol–water partition coefficient (Wildman–Crippen LogP) is 3.04. The van der Waals surface area contributed by atoms with Crippen molar-refractivity contribution in [1.82, 2.24) is 10.6 Å². The Hall–Kier alpha value is -0.780. The molecule has 1 saturated carbocycles. The number of hydrogen-bond acceptors (Lipinski definition) is 1. The van der Waals surface area contributed by atoms with E-state index >= 15 is 0 Å². The molecule has 0 amide bonds. The molecule has 1 aromatic rings. The van der Waals surface area contributed by atoms with E-state index in [1.54, 1.807) is 0 Å². The zero-order chi connectivity index (χ0) is 13.8. The first-order chi connectivity index (χ1) is 9.08. The van der Waals surface area contributed by atoms with Crippen LogP contribution in [-0.2, 0) is 6.42 Å². The molecule has 0 spiro atoms. The fraction of sp³-hybridized carbons (Fsp3) is 0.562. The van der Waals surface area contributed by atoms with E-state index in [4.69, 9.17) is 0 Å². The largest absolute Gasteiger partial charge is 0.356 e. The molecule has 0 radical (unpaired) electrons. The summed E-state index contributed by atoms with van der Waals surface area (Å²) in [6.07, 6.45) is 2.29. The first kappa shape index (κ1) is 17.3. The van der Waals surface area contributed by atoms with Gasteiger partial charge in [-0.3, -0.25) is 4.99 Å².